The van der Waals surface area contributed by atoms with Crippen LogP contribution in [0.4, 0.5) is 0 Å². The molecule has 3 fully saturated rings. The Kier molecular flexibility index (Phi) is 5.10. The maximum absolute atomic E-state index is 5.43. The van der Waals surface area contributed by atoms with Crippen molar-refractivity contribution in [1.82, 2.24) is 10.2 Å². The minimum Gasteiger partial charge on any atom is -0.381 e. The van der Waals surface area contributed by atoms with Crippen LogP contribution in [0.3, 0.4) is 0 Å². The summed E-state index contributed by atoms with van der Waals surface area (Å²) in [6, 6.07) is 0. The highest BCUT2D eigenvalue weighted by Gasteiger charge is 2.33. The van der Waals surface area contributed by atoms with Gasteiger partial charge >= 0.3 is 0 Å². The minimum atomic E-state index is 0. The fourth-order valence-corrected chi connectivity index (χ4v) is 3.57. The van der Waals surface area contributed by atoms with Crippen molar-refractivity contribution in [2.24, 2.45) is 17.8 Å². The summed E-state index contributed by atoms with van der Waals surface area (Å²) in [5, 5.41) is 3.54. The molecular weight excluding hydrogens is 236 g/mol. The van der Waals surface area contributed by atoms with Gasteiger partial charge in [0.2, 0.25) is 0 Å². The Labute approximate surface area is 111 Å². The smallest absolute Gasteiger partial charge is 0.0469 e. The molecular formula is C13H25ClN2O. The zero-order chi connectivity index (χ0) is 10.8. The van der Waals surface area contributed by atoms with Crippen LogP contribution in [-0.4, -0.2) is 50.8 Å². The van der Waals surface area contributed by atoms with Crippen LogP contribution >= 0.6 is 12.4 Å². The second kappa shape index (κ2) is 6.37. The molecule has 0 aromatic rings. The molecule has 4 heteroatoms. The molecule has 0 radical (unpaired) electrons. The van der Waals surface area contributed by atoms with E-state index in [9.17, 15) is 0 Å². The maximum atomic E-state index is 5.43. The topological polar surface area (TPSA) is 24.5 Å². The number of halogens is 1. The van der Waals surface area contributed by atoms with Gasteiger partial charge in [-0.3, -0.25) is 0 Å². The molecule has 3 rings (SSSR count). The highest BCUT2D eigenvalue weighted by molar-refractivity contribution is 5.85. The van der Waals surface area contributed by atoms with Crippen molar-refractivity contribution >= 4 is 12.4 Å². The van der Waals surface area contributed by atoms with Crippen LogP contribution in [0.15, 0.2) is 0 Å². The van der Waals surface area contributed by atoms with Gasteiger partial charge in [-0.05, 0) is 56.7 Å². The van der Waals surface area contributed by atoms with Gasteiger partial charge in [0.25, 0.3) is 0 Å². The fraction of sp³-hybridized carbons (Fsp3) is 1.00. The average molecular weight is 261 g/mol. The summed E-state index contributed by atoms with van der Waals surface area (Å²) in [6.07, 6.45) is 3.98. The summed E-state index contributed by atoms with van der Waals surface area (Å²) < 4.78 is 5.43. The first-order valence-electron chi connectivity index (χ1n) is 6.92. The van der Waals surface area contributed by atoms with Gasteiger partial charge in [-0.1, -0.05) is 0 Å². The van der Waals surface area contributed by atoms with E-state index in [1.165, 1.54) is 52.0 Å². The second-order valence-corrected chi connectivity index (χ2v) is 5.78. The number of likely N-dealkylation sites (tertiary alicyclic amines) is 1. The van der Waals surface area contributed by atoms with Crippen molar-refractivity contribution < 1.29 is 4.74 Å². The van der Waals surface area contributed by atoms with Gasteiger partial charge in [-0.25, -0.2) is 0 Å². The first kappa shape index (κ1) is 13.6. The molecule has 100 valence electrons. The number of hydrogen-bond donors (Lipinski definition) is 1. The Morgan fingerprint density at radius 2 is 1.82 bits per heavy atom. The molecule has 0 aliphatic carbocycles. The molecule has 0 saturated carbocycles. The summed E-state index contributed by atoms with van der Waals surface area (Å²) in [5.41, 5.74) is 0. The van der Waals surface area contributed by atoms with Gasteiger partial charge in [-0.15, -0.1) is 12.4 Å². The minimum absolute atomic E-state index is 0. The molecule has 0 spiro atoms. The standard InChI is InChI=1S/C13H24N2O.ClH/c1-4-15(9-11-2-5-16-6-3-11)10-13-8-14-7-12(1)13;/h11-14H,1-10H2;1H. The van der Waals surface area contributed by atoms with E-state index in [0.717, 1.165) is 31.0 Å². The number of nitrogens with one attached hydrogen (secondary N) is 1. The number of nitrogens with zero attached hydrogens (tertiary/aromatic N) is 1. The summed E-state index contributed by atoms with van der Waals surface area (Å²) >= 11 is 0. The monoisotopic (exact) mass is 260 g/mol. The molecule has 3 nitrogen and oxygen atoms in total. The van der Waals surface area contributed by atoms with Gasteiger partial charge in [0.15, 0.2) is 0 Å². The van der Waals surface area contributed by atoms with E-state index in [2.05, 4.69) is 10.2 Å². The Morgan fingerprint density at radius 1 is 1.06 bits per heavy atom. The molecule has 3 saturated heterocycles. The molecule has 1 N–H and O–H groups in total. The molecule has 17 heavy (non-hydrogen) atoms. The lowest BCUT2D eigenvalue weighted by Crippen LogP contribution is -2.43. The molecule has 3 aliphatic rings. The lowest BCUT2D eigenvalue weighted by atomic mass is 9.87. The number of ether oxygens (including phenoxy) is 1. The maximum Gasteiger partial charge on any atom is 0.0469 e. The quantitative estimate of drug-likeness (QED) is 0.812. The first-order chi connectivity index (χ1) is 7.92. The van der Waals surface area contributed by atoms with Crippen molar-refractivity contribution in [3.8, 4) is 0 Å². The van der Waals surface area contributed by atoms with Crippen molar-refractivity contribution in [2.45, 2.75) is 19.3 Å². The van der Waals surface area contributed by atoms with Crippen LogP contribution in [-0.2, 0) is 4.74 Å². The lowest BCUT2D eigenvalue weighted by Gasteiger charge is -2.37. The fourth-order valence-electron chi connectivity index (χ4n) is 3.57. The van der Waals surface area contributed by atoms with Gasteiger partial charge in [-0.2, -0.15) is 0 Å². The SMILES string of the molecule is C1CC(CN2CCC3CNCC3C2)CCO1.Cl. The third-order valence-corrected chi connectivity index (χ3v) is 4.65. The summed E-state index contributed by atoms with van der Waals surface area (Å²) in [5.74, 6) is 2.82. The van der Waals surface area contributed by atoms with Gasteiger partial charge in [0.1, 0.15) is 0 Å². The van der Waals surface area contributed by atoms with Crippen LogP contribution in [0.5, 0.6) is 0 Å². The third kappa shape index (κ3) is 3.34. The summed E-state index contributed by atoms with van der Waals surface area (Å²) in [6.45, 7) is 8.52. The summed E-state index contributed by atoms with van der Waals surface area (Å²) in [4.78, 5) is 2.71. The first-order valence-corrected chi connectivity index (χ1v) is 6.92. The van der Waals surface area contributed by atoms with Crippen LogP contribution in [0, 0.1) is 17.8 Å². The van der Waals surface area contributed by atoms with Crippen molar-refractivity contribution in [1.29, 1.82) is 0 Å². The molecule has 3 heterocycles. The highest BCUT2D eigenvalue weighted by atomic mass is 35.5. The van der Waals surface area contributed by atoms with Crippen LogP contribution in [0.25, 0.3) is 0 Å². The average Bonchev–Trinajstić information content (AvgIpc) is 2.77. The van der Waals surface area contributed by atoms with Gasteiger partial charge in [0, 0.05) is 26.3 Å². The van der Waals surface area contributed by atoms with Gasteiger partial charge < -0.3 is 15.0 Å². The second-order valence-electron chi connectivity index (χ2n) is 5.78. The Morgan fingerprint density at radius 3 is 2.65 bits per heavy atom. The molecule has 2 unspecified atom stereocenters. The zero-order valence-corrected chi connectivity index (χ0v) is 11.4. The van der Waals surface area contributed by atoms with E-state index in [0.29, 0.717) is 0 Å². The molecule has 0 aromatic heterocycles. The predicted molar refractivity (Wildman–Crippen MR) is 71.7 cm³/mol. The molecule has 3 aliphatic heterocycles. The number of fused-ring (bicyclic) bond motifs is 1. The summed E-state index contributed by atoms with van der Waals surface area (Å²) in [7, 11) is 0. The lowest BCUT2D eigenvalue weighted by molar-refractivity contribution is 0.0423. The van der Waals surface area contributed by atoms with Crippen molar-refractivity contribution in [3.05, 3.63) is 0 Å². The van der Waals surface area contributed by atoms with Crippen molar-refractivity contribution in [3.63, 3.8) is 0 Å². The zero-order valence-electron chi connectivity index (χ0n) is 10.6. The van der Waals surface area contributed by atoms with E-state index in [1.807, 2.05) is 0 Å². The Balaban J connectivity index is 0.00000108. The van der Waals surface area contributed by atoms with Gasteiger partial charge in [0.05, 0.1) is 0 Å². The van der Waals surface area contributed by atoms with Crippen LogP contribution in [0.2, 0.25) is 0 Å². The van der Waals surface area contributed by atoms with Crippen molar-refractivity contribution in [2.75, 3.05) is 45.9 Å². The van der Waals surface area contributed by atoms with Crippen LogP contribution in [0.1, 0.15) is 19.3 Å². The van der Waals surface area contributed by atoms with E-state index >= 15 is 0 Å². The van der Waals surface area contributed by atoms with E-state index in [1.54, 1.807) is 0 Å². The van der Waals surface area contributed by atoms with E-state index in [-0.39, 0.29) is 12.4 Å². The highest BCUT2D eigenvalue weighted by Crippen LogP contribution is 2.27. The largest absolute Gasteiger partial charge is 0.381 e. The molecule has 0 bridgehead atoms. The third-order valence-electron chi connectivity index (χ3n) is 4.65. The molecule has 0 amide bonds. The van der Waals surface area contributed by atoms with E-state index in [4.69, 9.17) is 4.74 Å². The Bertz CT molecular complexity index is 233. The normalized spacial score (nSPS) is 35.3. The van der Waals surface area contributed by atoms with Crippen LogP contribution < -0.4 is 5.32 Å². The predicted octanol–water partition coefficient (Wildman–Crippen LogP) is 1.38. The van der Waals surface area contributed by atoms with E-state index < -0.39 is 0 Å². The number of piperidine rings is 1. The molecule has 0 aromatic carbocycles. The Hall–Kier alpha value is 0.170. The molecule has 2 atom stereocenters. The number of hydrogen-bond acceptors (Lipinski definition) is 3. The number of rotatable bonds is 2.